The van der Waals surface area contributed by atoms with Crippen molar-refractivity contribution in [1.29, 1.82) is 0 Å². The van der Waals surface area contributed by atoms with Gasteiger partial charge in [0.15, 0.2) is 0 Å². The van der Waals surface area contributed by atoms with E-state index in [2.05, 4.69) is 10.6 Å². The van der Waals surface area contributed by atoms with Crippen LogP contribution >= 0.6 is 0 Å². The predicted molar refractivity (Wildman–Crippen MR) is 94.0 cm³/mol. The molecule has 2 aliphatic rings. The van der Waals surface area contributed by atoms with Crippen molar-refractivity contribution in [1.82, 2.24) is 15.5 Å². The van der Waals surface area contributed by atoms with Crippen LogP contribution in [0.15, 0.2) is 24.3 Å². The van der Waals surface area contributed by atoms with E-state index in [0.29, 0.717) is 19.1 Å². The Morgan fingerprint density at radius 1 is 0.917 bits per heavy atom. The van der Waals surface area contributed by atoms with Crippen LogP contribution in [0.1, 0.15) is 54.4 Å². The molecule has 1 aliphatic heterocycles. The van der Waals surface area contributed by atoms with Gasteiger partial charge in [0.1, 0.15) is 0 Å². The van der Waals surface area contributed by atoms with Gasteiger partial charge in [-0.25, -0.2) is 4.79 Å². The molecule has 0 unspecified atom stereocenters. The second-order valence-electron chi connectivity index (χ2n) is 7.03. The quantitative estimate of drug-likeness (QED) is 0.896. The van der Waals surface area contributed by atoms with E-state index >= 15 is 0 Å². The average molecular weight is 329 g/mol. The molecule has 2 N–H and O–H groups in total. The number of urea groups is 1. The number of rotatable bonds is 3. The molecular formula is C19H27N3O2. The number of amides is 3. The molecule has 5 nitrogen and oxygen atoms in total. The molecule has 1 aromatic carbocycles. The van der Waals surface area contributed by atoms with Crippen molar-refractivity contribution in [2.24, 2.45) is 0 Å². The number of nitrogens with zero attached hydrogens (tertiary/aromatic N) is 1. The summed E-state index contributed by atoms with van der Waals surface area (Å²) in [7, 11) is 0. The van der Waals surface area contributed by atoms with Crippen LogP contribution in [0.4, 0.5) is 4.79 Å². The summed E-state index contributed by atoms with van der Waals surface area (Å²) >= 11 is 0. The van der Waals surface area contributed by atoms with Gasteiger partial charge in [-0.2, -0.15) is 0 Å². The minimum atomic E-state index is -0.0507. The number of hydrogen-bond acceptors (Lipinski definition) is 2. The summed E-state index contributed by atoms with van der Waals surface area (Å²) in [5, 5.41) is 6.13. The number of hydrogen-bond donors (Lipinski definition) is 2. The second-order valence-corrected chi connectivity index (χ2v) is 7.03. The van der Waals surface area contributed by atoms with E-state index in [-0.39, 0.29) is 18.0 Å². The molecule has 3 amide bonds. The van der Waals surface area contributed by atoms with Gasteiger partial charge in [0.25, 0.3) is 5.91 Å². The Bertz CT molecular complexity index is 571. The lowest BCUT2D eigenvalue weighted by Gasteiger charge is -2.32. The standard InChI is InChI=1S/C19H27N3O2/c1-14-6-8-15(9-7-14)18(23)22-12-10-17(11-13-22)21-19(24)20-16-4-2-3-5-16/h6-9,16-17H,2-5,10-13H2,1H3,(H2,20,21,24). The Morgan fingerprint density at radius 3 is 2.04 bits per heavy atom. The summed E-state index contributed by atoms with van der Waals surface area (Å²) in [6.07, 6.45) is 6.24. The van der Waals surface area contributed by atoms with Crippen molar-refractivity contribution in [2.45, 2.75) is 57.5 Å². The maximum absolute atomic E-state index is 12.5. The van der Waals surface area contributed by atoms with Gasteiger partial charge < -0.3 is 15.5 Å². The molecular weight excluding hydrogens is 302 g/mol. The fourth-order valence-electron chi connectivity index (χ4n) is 3.59. The number of benzene rings is 1. The Hall–Kier alpha value is -2.04. The molecule has 0 radical (unpaired) electrons. The average Bonchev–Trinajstić information content (AvgIpc) is 3.08. The SMILES string of the molecule is Cc1ccc(C(=O)N2CCC(NC(=O)NC3CCCC3)CC2)cc1. The van der Waals surface area contributed by atoms with Crippen molar-refractivity contribution in [3.63, 3.8) is 0 Å². The zero-order chi connectivity index (χ0) is 16.9. The highest BCUT2D eigenvalue weighted by molar-refractivity contribution is 5.94. The highest BCUT2D eigenvalue weighted by atomic mass is 16.2. The maximum atomic E-state index is 12.5. The third-order valence-electron chi connectivity index (χ3n) is 5.11. The molecule has 0 atom stereocenters. The number of nitrogens with one attached hydrogen (secondary N) is 2. The monoisotopic (exact) mass is 329 g/mol. The largest absolute Gasteiger partial charge is 0.338 e. The summed E-state index contributed by atoms with van der Waals surface area (Å²) < 4.78 is 0. The van der Waals surface area contributed by atoms with Gasteiger partial charge in [0.2, 0.25) is 0 Å². The molecule has 0 spiro atoms. The molecule has 0 bridgehead atoms. The number of carbonyl (C=O) groups is 2. The first kappa shape index (κ1) is 16.8. The second kappa shape index (κ2) is 7.69. The molecule has 5 heteroatoms. The Kier molecular flexibility index (Phi) is 5.38. The normalized spacial score (nSPS) is 19.3. The highest BCUT2D eigenvalue weighted by Crippen LogP contribution is 2.18. The zero-order valence-electron chi connectivity index (χ0n) is 14.4. The maximum Gasteiger partial charge on any atom is 0.315 e. The van der Waals surface area contributed by atoms with Gasteiger partial charge >= 0.3 is 6.03 Å². The number of aryl methyl sites for hydroxylation is 1. The van der Waals surface area contributed by atoms with E-state index in [0.717, 1.165) is 36.8 Å². The first-order chi connectivity index (χ1) is 11.6. The van der Waals surface area contributed by atoms with Crippen LogP contribution < -0.4 is 10.6 Å². The van der Waals surface area contributed by atoms with Gasteiger partial charge in [-0.15, -0.1) is 0 Å². The van der Waals surface area contributed by atoms with Gasteiger partial charge in [-0.3, -0.25) is 4.79 Å². The minimum absolute atomic E-state index is 0.0507. The van der Waals surface area contributed by atoms with Crippen molar-refractivity contribution < 1.29 is 9.59 Å². The van der Waals surface area contributed by atoms with Gasteiger partial charge in [0, 0.05) is 30.7 Å². The topological polar surface area (TPSA) is 61.4 Å². The summed E-state index contributed by atoms with van der Waals surface area (Å²) in [4.78, 5) is 26.4. The first-order valence-corrected chi connectivity index (χ1v) is 9.05. The van der Waals surface area contributed by atoms with E-state index in [4.69, 9.17) is 0 Å². The van der Waals surface area contributed by atoms with Gasteiger partial charge in [-0.05, 0) is 44.7 Å². The van der Waals surface area contributed by atoms with E-state index in [1.165, 1.54) is 12.8 Å². The van der Waals surface area contributed by atoms with Crippen LogP contribution in [0.2, 0.25) is 0 Å². The van der Waals surface area contributed by atoms with Crippen LogP contribution in [0, 0.1) is 6.92 Å². The molecule has 2 fully saturated rings. The van der Waals surface area contributed by atoms with E-state index in [1.54, 1.807) is 0 Å². The number of piperidine rings is 1. The van der Waals surface area contributed by atoms with Crippen LogP contribution in [0.25, 0.3) is 0 Å². The van der Waals surface area contributed by atoms with E-state index in [9.17, 15) is 9.59 Å². The Balaban J connectivity index is 1.44. The van der Waals surface area contributed by atoms with Crippen LogP contribution in [-0.4, -0.2) is 42.0 Å². The van der Waals surface area contributed by atoms with Crippen molar-refractivity contribution in [2.75, 3.05) is 13.1 Å². The highest BCUT2D eigenvalue weighted by Gasteiger charge is 2.25. The van der Waals surface area contributed by atoms with Crippen molar-refractivity contribution in [3.8, 4) is 0 Å². The Morgan fingerprint density at radius 2 is 1.46 bits per heavy atom. The lowest BCUT2D eigenvalue weighted by molar-refractivity contribution is 0.0708. The third-order valence-corrected chi connectivity index (χ3v) is 5.11. The molecule has 1 aliphatic carbocycles. The zero-order valence-corrected chi connectivity index (χ0v) is 14.4. The molecule has 1 heterocycles. The summed E-state index contributed by atoms with van der Waals surface area (Å²) in [5.41, 5.74) is 1.90. The van der Waals surface area contributed by atoms with Crippen molar-refractivity contribution >= 4 is 11.9 Å². The molecule has 24 heavy (non-hydrogen) atoms. The summed E-state index contributed by atoms with van der Waals surface area (Å²) in [6, 6.07) is 8.16. The smallest absolute Gasteiger partial charge is 0.315 e. The summed E-state index contributed by atoms with van der Waals surface area (Å²) in [5.74, 6) is 0.0869. The molecule has 3 rings (SSSR count). The summed E-state index contributed by atoms with van der Waals surface area (Å²) in [6.45, 7) is 3.41. The molecule has 130 valence electrons. The minimum Gasteiger partial charge on any atom is -0.338 e. The van der Waals surface area contributed by atoms with Crippen LogP contribution in [0.5, 0.6) is 0 Å². The number of likely N-dealkylation sites (tertiary alicyclic amines) is 1. The first-order valence-electron chi connectivity index (χ1n) is 9.05. The third kappa shape index (κ3) is 4.28. The molecule has 0 aromatic heterocycles. The lowest BCUT2D eigenvalue weighted by Crippen LogP contribution is -2.50. The molecule has 1 saturated heterocycles. The predicted octanol–water partition coefficient (Wildman–Crippen LogP) is 2.84. The van der Waals surface area contributed by atoms with Crippen LogP contribution in [-0.2, 0) is 0 Å². The molecule has 1 saturated carbocycles. The fourth-order valence-corrected chi connectivity index (χ4v) is 3.59. The molecule has 1 aromatic rings. The van der Waals surface area contributed by atoms with Crippen LogP contribution in [0.3, 0.4) is 0 Å². The lowest BCUT2D eigenvalue weighted by atomic mass is 10.0. The Labute approximate surface area is 143 Å². The number of carbonyl (C=O) groups excluding carboxylic acids is 2. The van der Waals surface area contributed by atoms with Gasteiger partial charge in [-0.1, -0.05) is 30.5 Å². The van der Waals surface area contributed by atoms with E-state index < -0.39 is 0 Å². The van der Waals surface area contributed by atoms with Gasteiger partial charge in [0.05, 0.1) is 0 Å². The van der Waals surface area contributed by atoms with E-state index in [1.807, 2.05) is 36.1 Å². The van der Waals surface area contributed by atoms with Crippen molar-refractivity contribution in [3.05, 3.63) is 35.4 Å². The fraction of sp³-hybridized carbons (Fsp3) is 0.579.